The van der Waals surface area contributed by atoms with E-state index in [9.17, 15) is 0 Å². The fourth-order valence-electron chi connectivity index (χ4n) is 10.4. The van der Waals surface area contributed by atoms with Crippen molar-refractivity contribution in [1.29, 1.82) is 0 Å². The standard InChI is InChI=1S/C59H37N3O/c1-4-17-38(18-5-1)51-37-52(61-58(60-51)39-19-6-2-7-20-39)45-24-16-27-50-57(45)46-35-40(41-31-33-44-43-23-10-15-30-55(43)63-56(44)36-41)32-34-47(46)59(50)48-25-11-13-28-53(48)62(42-21-8-3-9-22-42)54-29-14-12-26-49(54)59/h1-37H. The summed E-state index contributed by atoms with van der Waals surface area (Å²) in [5.74, 6) is 0.692. The van der Waals surface area contributed by atoms with Crippen molar-refractivity contribution in [2.24, 2.45) is 0 Å². The van der Waals surface area contributed by atoms with Crippen LogP contribution in [-0.2, 0) is 5.41 Å². The second kappa shape index (κ2) is 13.8. The number of nitrogens with zero attached hydrogens (tertiary/aromatic N) is 3. The lowest BCUT2D eigenvalue weighted by Gasteiger charge is -2.45. The van der Waals surface area contributed by atoms with Crippen molar-refractivity contribution in [1.82, 2.24) is 9.97 Å². The molecule has 11 aromatic rings. The van der Waals surface area contributed by atoms with Gasteiger partial charge in [0.2, 0.25) is 0 Å². The predicted molar refractivity (Wildman–Crippen MR) is 257 cm³/mol. The first kappa shape index (κ1) is 35.4. The van der Waals surface area contributed by atoms with Crippen molar-refractivity contribution < 1.29 is 4.42 Å². The van der Waals surface area contributed by atoms with E-state index >= 15 is 0 Å². The number of furan rings is 1. The lowest BCUT2D eigenvalue weighted by molar-refractivity contribution is 0.669. The second-order valence-corrected chi connectivity index (χ2v) is 16.4. The van der Waals surface area contributed by atoms with Gasteiger partial charge in [-0.3, -0.25) is 0 Å². The van der Waals surface area contributed by atoms with E-state index in [1.54, 1.807) is 0 Å². The van der Waals surface area contributed by atoms with Crippen molar-refractivity contribution in [3.63, 3.8) is 0 Å². The lowest BCUT2D eigenvalue weighted by Crippen LogP contribution is -2.36. The zero-order valence-corrected chi connectivity index (χ0v) is 34.1. The maximum atomic E-state index is 6.43. The maximum absolute atomic E-state index is 6.43. The molecule has 1 aliphatic carbocycles. The molecule has 2 aromatic heterocycles. The van der Waals surface area contributed by atoms with Gasteiger partial charge < -0.3 is 9.32 Å². The average Bonchev–Trinajstić information content (AvgIpc) is 3.88. The highest BCUT2D eigenvalue weighted by molar-refractivity contribution is 6.06. The van der Waals surface area contributed by atoms with Crippen LogP contribution in [0, 0.1) is 0 Å². The fraction of sp³-hybridized carbons (Fsp3) is 0.0169. The van der Waals surface area contributed by atoms with Gasteiger partial charge in [0, 0.05) is 33.2 Å². The fourth-order valence-corrected chi connectivity index (χ4v) is 10.4. The Balaban J connectivity index is 1.11. The van der Waals surface area contributed by atoms with E-state index in [0.717, 1.165) is 78.2 Å². The molecule has 0 radical (unpaired) electrons. The van der Waals surface area contributed by atoms with Crippen molar-refractivity contribution in [3.05, 3.63) is 247 Å². The molecule has 0 N–H and O–H groups in total. The molecule has 13 rings (SSSR count). The number of rotatable bonds is 5. The molecule has 2 aliphatic rings. The molecular formula is C59H37N3O. The highest BCUT2D eigenvalue weighted by Gasteiger charge is 2.52. The molecule has 4 heteroatoms. The summed E-state index contributed by atoms with van der Waals surface area (Å²) < 4.78 is 6.43. The van der Waals surface area contributed by atoms with Gasteiger partial charge in [-0.25, -0.2) is 9.97 Å². The van der Waals surface area contributed by atoms with Crippen LogP contribution in [0.5, 0.6) is 0 Å². The van der Waals surface area contributed by atoms with Crippen LogP contribution in [0.15, 0.2) is 229 Å². The third kappa shape index (κ3) is 5.28. The van der Waals surface area contributed by atoms with Crippen LogP contribution in [-0.4, -0.2) is 9.97 Å². The monoisotopic (exact) mass is 803 g/mol. The zero-order chi connectivity index (χ0) is 41.5. The Bertz CT molecular complexity index is 3470. The number of anilines is 3. The Morgan fingerprint density at radius 3 is 1.71 bits per heavy atom. The molecule has 1 spiro atoms. The van der Waals surface area contributed by atoms with E-state index in [1.807, 2.05) is 24.3 Å². The first-order valence-corrected chi connectivity index (χ1v) is 21.5. The molecule has 9 aromatic carbocycles. The number of para-hydroxylation sites is 4. The van der Waals surface area contributed by atoms with Crippen LogP contribution in [0.1, 0.15) is 22.3 Å². The Hall–Kier alpha value is -8.34. The zero-order valence-electron chi connectivity index (χ0n) is 34.1. The predicted octanol–water partition coefficient (Wildman–Crippen LogP) is 15.2. The third-order valence-electron chi connectivity index (χ3n) is 13.1. The Morgan fingerprint density at radius 2 is 0.952 bits per heavy atom. The summed E-state index contributed by atoms with van der Waals surface area (Å²) in [7, 11) is 0. The topological polar surface area (TPSA) is 42.2 Å². The van der Waals surface area contributed by atoms with E-state index in [1.165, 1.54) is 33.4 Å². The molecule has 3 heterocycles. The van der Waals surface area contributed by atoms with E-state index in [0.29, 0.717) is 5.82 Å². The molecule has 0 amide bonds. The molecule has 0 unspecified atom stereocenters. The van der Waals surface area contributed by atoms with E-state index < -0.39 is 5.41 Å². The second-order valence-electron chi connectivity index (χ2n) is 16.4. The minimum Gasteiger partial charge on any atom is -0.456 e. The number of hydrogen-bond donors (Lipinski definition) is 0. The number of fused-ring (bicyclic) bond motifs is 12. The van der Waals surface area contributed by atoms with Gasteiger partial charge in [0.1, 0.15) is 11.2 Å². The van der Waals surface area contributed by atoms with Crippen molar-refractivity contribution in [3.8, 4) is 56.2 Å². The molecule has 0 saturated heterocycles. The van der Waals surface area contributed by atoms with Crippen LogP contribution in [0.4, 0.5) is 17.1 Å². The molecule has 0 saturated carbocycles. The highest BCUT2D eigenvalue weighted by Crippen LogP contribution is 2.64. The van der Waals surface area contributed by atoms with E-state index in [-0.39, 0.29) is 0 Å². The quantitative estimate of drug-likeness (QED) is 0.174. The summed E-state index contributed by atoms with van der Waals surface area (Å²) in [6.07, 6.45) is 0. The largest absolute Gasteiger partial charge is 0.456 e. The van der Waals surface area contributed by atoms with Crippen LogP contribution in [0.25, 0.3) is 78.1 Å². The number of hydrogen-bond acceptors (Lipinski definition) is 4. The van der Waals surface area contributed by atoms with Crippen LogP contribution < -0.4 is 4.90 Å². The van der Waals surface area contributed by atoms with E-state index in [4.69, 9.17) is 14.4 Å². The van der Waals surface area contributed by atoms with Crippen LogP contribution >= 0.6 is 0 Å². The summed E-state index contributed by atoms with van der Waals surface area (Å²) in [4.78, 5) is 13.0. The lowest BCUT2D eigenvalue weighted by atomic mass is 9.64. The summed E-state index contributed by atoms with van der Waals surface area (Å²) in [6.45, 7) is 0. The van der Waals surface area contributed by atoms with Crippen LogP contribution in [0.3, 0.4) is 0 Å². The molecule has 0 fully saturated rings. The van der Waals surface area contributed by atoms with Gasteiger partial charge in [-0.15, -0.1) is 0 Å². The van der Waals surface area contributed by atoms with Crippen molar-refractivity contribution in [2.45, 2.75) is 5.41 Å². The summed E-state index contributed by atoms with van der Waals surface area (Å²) in [5, 5.41) is 2.25. The Morgan fingerprint density at radius 1 is 0.365 bits per heavy atom. The molecule has 63 heavy (non-hydrogen) atoms. The smallest absolute Gasteiger partial charge is 0.160 e. The highest BCUT2D eigenvalue weighted by atomic mass is 16.3. The van der Waals surface area contributed by atoms with Gasteiger partial charge in [0.25, 0.3) is 0 Å². The number of aromatic nitrogens is 2. The molecule has 294 valence electrons. The summed E-state index contributed by atoms with van der Waals surface area (Å²) in [6, 6.07) is 80.4. The molecule has 0 atom stereocenters. The molecule has 1 aliphatic heterocycles. The average molecular weight is 804 g/mol. The third-order valence-corrected chi connectivity index (χ3v) is 13.1. The molecular weight excluding hydrogens is 767 g/mol. The molecule has 4 nitrogen and oxygen atoms in total. The van der Waals surface area contributed by atoms with Gasteiger partial charge >= 0.3 is 0 Å². The van der Waals surface area contributed by atoms with Crippen molar-refractivity contribution >= 4 is 39.0 Å². The molecule has 0 bridgehead atoms. The van der Waals surface area contributed by atoms with Gasteiger partial charge in [-0.05, 0) is 99.1 Å². The number of benzene rings is 9. The van der Waals surface area contributed by atoms with Gasteiger partial charge in [-0.1, -0.05) is 170 Å². The van der Waals surface area contributed by atoms with Crippen LogP contribution in [0.2, 0.25) is 0 Å². The van der Waals surface area contributed by atoms with Crippen molar-refractivity contribution in [2.75, 3.05) is 4.90 Å². The maximum Gasteiger partial charge on any atom is 0.160 e. The van der Waals surface area contributed by atoms with Gasteiger partial charge in [0.15, 0.2) is 5.82 Å². The summed E-state index contributed by atoms with van der Waals surface area (Å²) in [5.41, 5.74) is 18.9. The summed E-state index contributed by atoms with van der Waals surface area (Å²) >= 11 is 0. The first-order chi connectivity index (χ1) is 31.2. The first-order valence-electron chi connectivity index (χ1n) is 21.5. The Labute approximate surface area is 365 Å². The van der Waals surface area contributed by atoms with Gasteiger partial charge in [0.05, 0.1) is 28.2 Å². The minimum absolute atomic E-state index is 0.641. The van der Waals surface area contributed by atoms with E-state index in [2.05, 4.69) is 205 Å². The normalized spacial score (nSPS) is 13.2. The SMILES string of the molecule is c1ccc(-c2cc(-c3cccc4c3-c3cc(-c5ccc6c(c5)oc5ccccc56)ccc3C43c4ccccc4N(c4ccccc4)c4ccccc43)nc(-c3ccccc3)n2)cc1. The Kier molecular flexibility index (Phi) is 7.79. The van der Waals surface area contributed by atoms with Gasteiger partial charge in [-0.2, -0.15) is 0 Å². The minimum atomic E-state index is -0.641.